The van der Waals surface area contributed by atoms with Crippen LogP contribution in [0.1, 0.15) is 26.7 Å². The van der Waals surface area contributed by atoms with Crippen molar-refractivity contribution in [2.75, 3.05) is 0 Å². The average Bonchev–Trinajstić information content (AvgIpc) is 2.14. The third-order valence-corrected chi connectivity index (χ3v) is 3.03. The van der Waals surface area contributed by atoms with Gasteiger partial charge in [-0.25, -0.2) is 0 Å². The molecular formula is C12H14Cl3NO. The predicted molar refractivity (Wildman–Crippen MR) is 72.9 cm³/mol. The quantitative estimate of drug-likeness (QED) is 0.257. The fraction of sp³-hybridized carbons (Fsp3) is 0.500. The van der Waals surface area contributed by atoms with Gasteiger partial charge in [0.1, 0.15) is 5.76 Å². The van der Waals surface area contributed by atoms with Crippen molar-refractivity contribution in [1.29, 1.82) is 5.41 Å². The minimum Gasteiger partial charge on any atom is -0.435 e. The zero-order chi connectivity index (χ0) is 13.2. The molecule has 0 saturated heterocycles. The Hall–Kier alpha value is -0.400. The Kier molecular flexibility index (Phi) is 4.74. The minimum absolute atomic E-state index is 0.300. The van der Waals surface area contributed by atoms with Gasteiger partial charge in [-0.05, 0) is 31.8 Å². The van der Waals surface area contributed by atoms with E-state index in [9.17, 15) is 0 Å². The Labute approximate surface area is 116 Å². The Morgan fingerprint density at radius 2 is 2.06 bits per heavy atom. The summed E-state index contributed by atoms with van der Waals surface area (Å²) in [5, 5.41) is 7.50. The fourth-order valence-corrected chi connectivity index (χ4v) is 1.72. The molecule has 0 heterocycles. The van der Waals surface area contributed by atoms with Crippen molar-refractivity contribution >= 4 is 40.7 Å². The van der Waals surface area contributed by atoms with Gasteiger partial charge in [0.25, 0.3) is 3.79 Å². The molecule has 1 atom stereocenters. The number of hydrogen-bond donors (Lipinski definition) is 1. The van der Waals surface area contributed by atoms with Crippen LogP contribution in [-0.2, 0) is 4.74 Å². The lowest BCUT2D eigenvalue weighted by Gasteiger charge is -2.23. The number of hydrogen-bond acceptors (Lipinski definition) is 2. The third-order valence-electron chi connectivity index (χ3n) is 2.52. The van der Waals surface area contributed by atoms with Gasteiger partial charge in [-0.3, -0.25) is 5.41 Å². The first kappa shape index (κ1) is 14.7. The number of ether oxygens (including phenoxy) is 1. The Bertz CT molecular complexity index is 414. The second-order valence-corrected chi connectivity index (χ2v) is 6.49. The number of halogens is 3. The Balaban J connectivity index is 2.81. The molecule has 0 aromatic heterocycles. The van der Waals surface area contributed by atoms with E-state index in [1.165, 1.54) is 0 Å². The molecule has 0 aromatic rings. The van der Waals surface area contributed by atoms with Crippen LogP contribution in [0.2, 0.25) is 0 Å². The van der Waals surface area contributed by atoms with E-state index >= 15 is 0 Å². The van der Waals surface area contributed by atoms with E-state index in [1.807, 2.05) is 13.8 Å². The van der Waals surface area contributed by atoms with Gasteiger partial charge in [0.05, 0.1) is 0 Å². The smallest absolute Gasteiger partial charge is 0.266 e. The maximum absolute atomic E-state index is 7.50. The molecule has 1 rings (SSSR count). The van der Waals surface area contributed by atoms with Gasteiger partial charge in [-0.2, -0.15) is 0 Å². The van der Waals surface area contributed by atoms with Crippen LogP contribution in [0.5, 0.6) is 0 Å². The van der Waals surface area contributed by atoms with Gasteiger partial charge < -0.3 is 4.74 Å². The van der Waals surface area contributed by atoms with Crippen LogP contribution in [0.4, 0.5) is 0 Å². The van der Waals surface area contributed by atoms with Crippen LogP contribution < -0.4 is 0 Å². The van der Waals surface area contributed by atoms with Crippen LogP contribution in [0.15, 0.2) is 29.2 Å². The minimum atomic E-state index is -1.83. The van der Waals surface area contributed by atoms with Crippen LogP contribution in [0.3, 0.4) is 0 Å². The standard InChI is InChI=1S/C12H14Cl3NO/c1-7(2)9-4-8(3)5-10(6-9)17-11(16)12(13,14)15/h9,16H,1,4,6H2,2-3H3. The largest absolute Gasteiger partial charge is 0.435 e. The van der Waals surface area contributed by atoms with Gasteiger partial charge >= 0.3 is 0 Å². The molecule has 0 saturated carbocycles. The van der Waals surface area contributed by atoms with Crippen LogP contribution in [0.25, 0.3) is 0 Å². The van der Waals surface area contributed by atoms with Crippen molar-refractivity contribution in [2.45, 2.75) is 30.5 Å². The lowest BCUT2D eigenvalue weighted by molar-refractivity contribution is 0.353. The van der Waals surface area contributed by atoms with Crippen molar-refractivity contribution in [1.82, 2.24) is 0 Å². The average molecular weight is 295 g/mol. The van der Waals surface area contributed by atoms with Crippen molar-refractivity contribution < 1.29 is 4.74 Å². The van der Waals surface area contributed by atoms with Crippen molar-refractivity contribution in [2.24, 2.45) is 5.92 Å². The van der Waals surface area contributed by atoms with Gasteiger partial charge in [-0.1, -0.05) is 52.7 Å². The molecule has 1 N–H and O–H groups in total. The van der Waals surface area contributed by atoms with E-state index in [1.54, 1.807) is 0 Å². The molecule has 0 aliphatic heterocycles. The Morgan fingerprint density at radius 1 is 1.47 bits per heavy atom. The zero-order valence-electron chi connectivity index (χ0n) is 9.74. The molecule has 17 heavy (non-hydrogen) atoms. The molecule has 2 nitrogen and oxygen atoms in total. The van der Waals surface area contributed by atoms with Crippen LogP contribution >= 0.6 is 34.8 Å². The van der Waals surface area contributed by atoms with Gasteiger partial charge in [0.2, 0.25) is 5.90 Å². The summed E-state index contributed by atoms with van der Waals surface area (Å²) in [6, 6.07) is 0. The second kappa shape index (κ2) is 5.49. The highest BCUT2D eigenvalue weighted by Crippen LogP contribution is 2.33. The molecule has 0 bridgehead atoms. The summed E-state index contributed by atoms with van der Waals surface area (Å²) < 4.78 is 3.40. The van der Waals surface area contributed by atoms with Gasteiger partial charge in [0.15, 0.2) is 0 Å². The third kappa shape index (κ3) is 4.40. The van der Waals surface area contributed by atoms with Crippen LogP contribution in [-0.4, -0.2) is 9.69 Å². The second-order valence-electron chi connectivity index (χ2n) is 4.21. The molecule has 1 aliphatic carbocycles. The number of alkyl halides is 3. The molecule has 94 valence electrons. The molecule has 0 fully saturated rings. The maximum atomic E-state index is 7.50. The first-order valence-corrected chi connectivity index (χ1v) is 6.27. The zero-order valence-corrected chi connectivity index (χ0v) is 12.0. The molecule has 0 amide bonds. The van der Waals surface area contributed by atoms with E-state index in [-0.39, 0.29) is 0 Å². The van der Waals surface area contributed by atoms with Gasteiger partial charge in [-0.15, -0.1) is 0 Å². The molecule has 5 heteroatoms. The number of allylic oxidation sites excluding steroid dienone is 2. The lowest BCUT2D eigenvalue weighted by Crippen LogP contribution is -2.22. The molecule has 0 spiro atoms. The highest BCUT2D eigenvalue weighted by Gasteiger charge is 2.30. The SMILES string of the molecule is C=C(C)C1CC(C)=C=C(OC(=N)C(Cl)(Cl)Cl)C1. The summed E-state index contributed by atoms with van der Waals surface area (Å²) in [6.07, 6.45) is 1.54. The first-order chi connectivity index (χ1) is 7.70. The molecule has 1 unspecified atom stereocenters. The molecular weight excluding hydrogens is 280 g/mol. The van der Waals surface area contributed by atoms with Crippen molar-refractivity contribution in [3.8, 4) is 0 Å². The number of nitrogens with one attached hydrogen (secondary N) is 1. The van der Waals surface area contributed by atoms with Crippen molar-refractivity contribution in [3.05, 3.63) is 29.2 Å². The molecule has 0 aromatic carbocycles. The molecule has 1 aliphatic rings. The van der Waals surface area contributed by atoms with Crippen LogP contribution in [0, 0.1) is 11.3 Å². The topological polar surface area (TPSA) is 33.1 Å². The van der Waals surface area contributed by atoms with Gasteiger partial charge in [0, 0.05) is 6.42 Å². The van der Waals surface area contributed by atoms with E-state index in [4.69, 9.17) is 44.9 Å². The summed E-state index contributed by atoms with van der Waals surface area (Å²) in [4.78, 5) is 0. The summed E-state index contributed by atoms with van der Waals surface area (Å²) in [7, 11) is 0. The predicted octanol–water partition coefficient (Wildman–Crippen LogP) is 4.77. The summed E-state index contributed by atoms with van der Waals surface area (Å²) >= 11 is 16.7. The Morgan fingerprint density at radius 3 is 2.53 bits per heavy atom. The molecule has 0 radical (unpaired) electrons. The van der Waals surface area contributed by atoms with E-state index in [0.717, 1.165) is 17.6 Å². The summed E-state index contributed by atoms with van der Waals surface area (Å²) in [5.41, 5.74) is 5.19. The highest BCUT2D eigenvalue weighted by atomic mass is 35.6. The fourth-order valence-electron chi connectivity index (χ4n) is 1.60. The van der Waals surface area contributed by atoms with E-state index < -0.39 is 9.69 Å². The van der Waals surface area contributed by atoms with Crippen molar-refractivity contribution in [3.63, 3.8) is 0 Å². The lowest BCUT2D eigenvalue weighted by atomic mass is 9.87. The summed E-state index contributed by atoms with van der Waals surface area (Å²) in [6.45, 7) is 7.86. The van der Waals surface area contributed by atoms with E-state index in [2.05, 4.69) is 12.3 Å². The first-order valence-electron chi connectivity index (χ1n) is 5.14. The summed E-state index contributed by atoms with van der Waals surface area (Å²) in [5.74, 6) is 0.424. The monoisotopic (exact) mass is 293 g/mol. The normalized spacial score (nSPS) is 20.4. The maximum Gasteiger partial charge on any atom is 0.266 e. The number of rotatable bonds is 2. The highest BCUT2D eigenvalue weighted by molar-refractivity contribution is 6.76. The van der Waals surface area contributed by atoms with E-state index in [0.29, 0.717) is 18.1 Å².